The van der Waals surface area contributed by atoms with E-state index in [2.05, 4.69) is 20.5 Å². The monoisotopic (exact) mass is 248 g/mol. The molecule has 0 aromatic carbocycles. The highest BCUT2D eigenvalue weighted by Gasteiger charge is 2.19. The van der Waals surface area contributed by atoms with E-state index in [1.54, 1.807) is 7.11 Å². The lowest BCUT2D eigenvalue weighted by Crippen LogP contribution is -2.33. The van der Waals surface area contributed by atoms with Gasteiger partial charge >= 0.3 is 0 Å². The summed E-state index contributed by atoms with van der Waals surface area (Å²) < 4.78 is 7.23. The number of nitriles is 1. The highest BCUT2D eigenvalue weighted by molar-refractivity contribution is 4.94. The van der Waals surface area contributed by atoms with Gasteiger partial charge in [-0.05, 0) is 25.9 Å². The van der Waals surface area contributed by atoms with Crippen LogP contribution in [-0.2, 0) is 17.8 Å². The molecule has 1 aromatic heterocycles. The van der Waals surface area contributed by atoms with E-state index in [9.17, 15) is 0 Å². The van der Waals surface area contributed by atoms with Gasteiger partial charge in [0.15, 0.2) is 0 Å². The topological polar surface area (TPSA) is 54.1 Å². The van der Waals surface area contributed by atoms with Crippen LogP contribution in [0.3, 0.4) is 0 Å². The molecule has 1 aliphatic heterocycles. The number of ether oxygens (including phenoxy) is 1. The Morgan fingerprint density at radius 2 is 2.28 bits per heavy atom. The number of hydrogen-bond acceptors (Lipinski definition) is 4. The number of piperidine rings is 1. The Balaban J connectivity index is 1.86. The third-order valence-electron chi connectivity index (χ3n) is 3.47. The van der Waals surface area contributed by atoms with Gasteiger partial charge in [-0.15, -0.1) is 0 Å². The molecule has 0 N–H and O–H groups in total. The van der Waals surface area contributed by atoms with Gasteiger partial charge in [0.1, 0.15) is 5.82 Å². The van der Waals surface area contributed by atoms with Crippen molar-refractivity contribution in [1.29, 1.82) is 5.26 Å². The van der Waals surface area contributed by atoms with E-state index >= 15 is 0 Å². The minimum Gasteiger partial charge on any atom is -0.383 e. The third-order valence-corrected chi connectivity index (χ3v) is 3.47. The molecule has 0 unspecified atom stereocenters. The first-order valence-electron chi connectivity index (χ1n) is 6.44. The highest BCUT2D eigenvalue weighted by atomic mass is 16.5. The van der Waals surface area contributed by atoms with E-state index in [0.29, 0.717) is 6.61 Å². The number of aromatic nitrogens is 2. The molecular weight excluding hydrogens is 228 g/mol. The summed E-state index contributed by atoms with van der Waals surface area (Å²) in [4.78, 5) is 6.78. The highest BCUT2D eigenvalue weighted by Crippen LogP contribution is 2.17. The molecule has 1 fully saturated rings. The van der Waals surface area contributed by atoms with Crippen molar-refractivity contribution in [3.8, 4) is 6.07 Å². The van der Waals surface area contributed by atoms with E-state index in [1.807, 2.05) is 12.4 Å². The molecule has 18 heavy (non-hydrogen) atoms. The first kappa shape index (κ1) is 13.1. The Hall–Kier alpha value is -1.38. The van der Waals surface area contributed by atoms with Crippen molar-refractivity contribution in [2.45, 2.75) is 25.9 Å². The maximum atomic E-state index is 8.88. The van der Waals surface area contributed by atoms with Crippen molar-refractivity contribution in [3.05, 3.63) is 18.2 Å². The SMILES string of the molecule is COCCn1ccnc1CN1CCC(C#N)CC1. The number of rotatable bonds is 5. The first-order chi connectivity index (χ1) is 8.83. The van der Waals surface area contributed by atoms with Crippen LogP contribution in [0.5, 0.6) is 0 Å². The van der Waals surface area contributed by atoms with Crippen LogP contribution in [-0.4, -0.2) is 41.3 Å². The van der Waals surface area contributed by atoms with Crippen LogP contribution >= 0.6 is 0 Å². The van der Waals surface area contributed by atoms with Crippen LogP contribution in [0.15, 0.2) is 12.4 Å². The Morgan fingerprint density at radius 1 is 1.50 bits per heavy atom. The van der Waals surface area contributed by atoms with Crippen molar-refractivity contribution < 1.29 is 4.74 Å². The summed E-state index contributed by atoms with van der Waals surface area (Å²) >= 11 is 0. The standard InChI is InChI=1S/C13H20N4O/c1-18-9-8-17-7-4-15-13(17)11-16-5-2-12(10-14)3-6-16/h4,7,12H,2-3,5-6,8-9,11H2,1H3. The van der Waals surface area contributed by atoms with Crippen molar-refractivity contribution in [2.24, 2.45) is 5.92 Å². The molecule has 0 atom stereocenters. The van der Waals surface area contributed by atoms with Crippen molar-refractivity contribution in [1.82, 2.24) is 14.5 Å². The fourth-order valence-corrected chi connectivity index (χ4v) is 2.31. The van der Waals surface area contributed by atoms with Gasteiger partial charge in [0, 0.05) is 32.0 Å². The number of hydrogen-bond donors (Lipinski definition) is 0. The number of imidazole rings is 1. The summed E-state index contributed by atoms with van der Waals surface area (Å²) in [5, 5.41) is 8.88. The van der Waals surface area contributed by atoms with Crippen LogP contribution in [0.25, 0.3) is 0 Å². The normalized spacial score (nSPS) is 17.8. The Morgan fingerprint density at radius 3 is 2.94 bits per heavy atom. The number of nitrogens with zero attached hydrogens (tertiary/aromatic N) is 4. The Bertz CT molecular complexity index is 401. The van der Waals surface area contributed by atoms with Gasteiger partial charge < -0.3 is 9.30 Å². The zero-order valence-electron chi connectivity index (χ0n) is 10.9. The predicted molar refractivity (Wildman–Crippen MR) is 67.7 cm³/mol. The van der Waals surface area contributed by atoms with E-state index < -0.39 is 0 Å². The summed E-state index contributed by atoms with van der Waals surface area (Å²) in [6.07, 6.45) is 5.80. The Kier molecular flexibility index (Phi) is 4.73. The molecular formula is C13H20N4O. The van der Waals surface area contributed by atoms with Crippen molar-refractivity contribution in [3.63, 3.8) is 0 Å². The summed E-state index contributed by atoms with van der Waals surface area (Å²) in [5.41, 5.74) is 0. The molecule has 0 aliphatic carbocycles. The van der Waals surface area contributed by atoms with Gasteiger partial charge in [-0.2, -0.15) is 5.26 Å². The molecule has 1 saturated heterocycles. The molecule has 0 amide bonds. The van der Waals surface area contributed by atoms with Gasteiger partial charge in [0.25, 0.3) is 0 Å². The van der Waals surface area contributed by atoms with Crippen LogP contribution in [0.4, 0.5) is 0 Å². The van der Waals surface area contributed by atoms with Crippen LogP contribution in [0.1, 0.15) is 18.7 Å². The van der Waals surface area contributed by atoms with Gasteiger partial charge in [0.2, 0.25) is 0 Å². The molecule has 2 rings (SSSR count). The lowest BCUT2D eigenvalue weighted by atomic mass is 9.99. The largest absolute Gasteiger partial charge is 0.383 e. The second-order valence-corrected chi connectivity index (χ2v) is 4.71. The fourth-order valence-electron chi connectivity index (χ4n) is 2.31. The summed E-state index contributed by atoms with van der Waals surface area (Å²) in [6, 6.07) is 2.36. The molecule has 2 heterocycles. The zero-order valence-corrected chi connectivity index (χ0v) is 10.9. The van der Waals surface area contributed by atoms with E-state index in [4.69, 9.17) is 10.00 Å². The maximum absolute atomic E-state index is 8.88. The van der Waals surface area contributed by atoms with E-state index in [-0.39, 0.29) is 5.92 Å². The summed E-state index contributed by atoms with van der Waals surface area (Å²) in [5.74, 6) is 1.33. The molecule has 5 nitrogen and oxygen atoms in total. The molecule has 5 heteroatoms. The molecule has 1 aliphatic rings. The van der Waals surface area contributed by atoms with Gasteiger partial charge in [-0.3, -0.25) is 4.90 Å². The Labute approximate surface area is 108 Å². The van der Waals surface area contributed by atoms with E-state index in [1.165, 1.54) is 0 Å². The minimum absolute atomic E-state index is 0.245. The van der Waals surface area contributed by atoms with Crippen LogP contribution < -0.4 is 0 Å². The molecule has 98 valence electrons. The van der Waals surface area contributed by atoms with Gasteiger partial charge in [-0.25, -0.2) is 4.98 Å². The minimum atomic E-state index is 0.245. The molecule has 0 saturated carbocycles. The van der Waals surface area contributed by atoms with Gasteiger partial charge in [-0.1, -0.05) is 0 Å². The van der Waals surface area contributed by atoms with Crippen LogP contribution in [0, 0.1) is 17.2 Å². The lowest BCUT2D eigenvalue weighted by Gasteiger charge is -2.28. The van der Waals surface area contributed by atoms with Gasteiger partial charge in [0.05, 0.1) is 19.2 Å². The van der Waals surface area contributed by atoms with Crippen molar-refractivity contribution >= 4 is 0 Å². The quantitative estimate of drug-likeness (QED) is 0.787. The summed E-state index contributed by atoms with van der Waals surface area (Å²) in [6.45, 7) is 4.42. The number of likely N-dealkylation sites (tertiary alicyclic amines) is 1. The van der Waals surface area contributed by atoms with Crippen molar-refractivity contribution in [2.75, 3.05) is 26.8 Å². The predicted octanol–water partition coefficient (Wildman–Crippen LogP) is 1.27. The van der Waals surface area contributed by atoms with Crippen LogP contribution in [0.2, 0.25) is 0 Å². The average Bonchev–Trinajstić information content (AvgIpc) is 2.84. The lowest BCUT2D eigenvalue weighted by molar-refractivity contribution is 0.176. The fraction of sp³-hybridized carbons (Fsp3) is 0.692. The maximum Gasteiger partial charge on any atom is 0.122 e. The molecule has 0 radical (unpaired) electrons. The second-order valence-electron chi connectivity index (χ2n) is 4.71. The average molecular weight is 248 g/mol. The number of methoxy groups -OCH3 is 1. The molecule has 1 aromatic rings. The second kappa shape index (κ2) is 6.53. The molecule has 0 bridgehead atoms. The van der Waals surface area contributed by atoms with E-state index in [0.717, 1.165) is 44.8 Å². The first-order valence-corrected chi connectivity index (χ1v) is 6.44. The molecule has 0 spiro atoms. The third kappa shape index (κ3) is 3.31. The summed E-state index contributed by atoms with van der Waals surface area (Å²) in [7, 11) is 1.71. The zero-order chi connectivity index (χ0) is 12.8. The smallest absolute Gasteiger partial charge is 0.122 e.